The lowest BCUT2D eigenvalue weighted by atomic mass is 9.90. The van der Waals surface area contributed by atoms with E-state index in [1.54, 1.807) is 12.1 Å². The largest absolute Gasteiger partial charge is 0.325 e. The Labute approximate surface area is 134 Å². The molecule has 0 aliphatic heterocycles. The molecule has 0 fully saturated rings. The third-order valence-corrected chi connectivity index (χ3v) is 3.53. The predicted molar refractivity (Wildman–Crippen MR) is 88.6 cm³/mol. The van der Waals surface area contributed by atoms with Crippen LogP contribution in [-0.2, 0) is 9.59 Å². The van der Waals surface area contributed by atoms with Gasteiger partial charge in [-0.15, -0.1) is 0 Å². The van der Waals surface area contributed by atoms with Crippen LogP contribution in [0.5, 0.6) is 0 Å². The highest BCUT2D eigenvalue weighted by molar-refractivity contribution is 6.14. The highest BCUT2D eigenvalue weighted by atomic mass is 19.1. The van der Waals surface area contributed by atoms with Gasteiger partial charge in [0.1, 0.15) is 11.2 Å². The zero-order valence-corrected chi connectivity index (χ0v) is 13.3. The van der Waals surface area contributed by atoms with Crippen molar-refractivity contribution >= 4 is 23.2 Å². The SMILES string of the molecule is Cc1cccc(NC(=O)C(C)(C)C(=O)Nc2ccccc2F)c1. The second-order valence-corrected chi connectivity index (χ2v) is 5.88. The van der Waals surface area contributed by atoms with Gasteiger partial charge in [-0.1, -0.05) is 24.3 Å². The van der Waals surface area contributed by atoms with Crippen LogP contribution in [0.15, 0.2) is 48.5 Å². The zero-order valence-electron chi connectivity index (χ0n) is 13.3. The van der Waals surface area contributed by atoms with Crippen molar-refractivity contribution < 1.29 is 14.0 Å². The number of aryl methyl sites for hydroxylation is 1. The number of amides is 2. The van der Waals surface area contributed by atoms with Gasteiger partial charge in [0.05, 0.1) is 5.69 Å². The van der Waals surface area contributed by atoms with E-state index in [-0.39, 0.29) is 5.69 Å². The first kappa shape index (κ1) is 16.7. The molecule has 0 atom stereocenters. The summed E-state index contributed by atoms with van der Waals surface area (Å²) in [6.45, 7) is 4.90. The molecule has 4 nitrogen and oxygen atoms in total. The Kier molecular flexibility index (Phi) is 4.79. The van der Waals surface area contributed by atoms with Gasteiger partial charge in [0.25, 0.3) is 0 Å². The van der Waals surface area contributed by atoms with Crippen molar-refractivity contribution in [2.24, 2.45) is 5.41 Å². The van der Waals surface area contributed by atoms with E-state index >= 15 is 0 Å². The lowest BCUT2D eigenvalue weighted by molar-refractivity contribution is -0.135. The molecule has 0 bridgehead atoms. The third-order valence-electron chi connectivity index (χ3n) is 3.53. The van der Waals surface area contributed by atoms with Crippen LogP contribution in [0.2, 0.25) is 0 Å². The van der Waals surface area contributed by atoms with Crippen molar-refractivity contribution in [1.29, 1.82) is 0 Å². The molecule has 2 amide bonds. The van der Waals surface area contributed by atoms with Crippen LogP contribution in [0, 0.1) is 18.2 Å². The molecule has 0 saturated heterocycles. The number of para-hydroxylation sites is 1. The average molecular weight is 314 g/mol. The van der Waals surface area contributed by atoms with Crippen LogP contribution in [0.1, 0.15) is 19.4 Å². The Morgan fingerprint density at radius 1 is 0.957 bits per heavy atom. The van der Waals surface area contributed by atoms with Gasteiger partial charge in [0.15, 0.2) is 0 Å². The van der Waals surface area contributed by atoms with E-state index in [1.807, 2.05) is 25.1 Å². The molecule has 23 heavy (non-hydrogen) atoms. The average Bonchev–Trinajstić information content (AvgIpc) is 2.49. The van der Waals surface area contributed by atoms with Gasteiger partial charge in [-0.3, -0.25) is 9.59 Å². The molecule has 2 aromatic carbocycles. The lowest BCUT2D eigenvalue weighted by Crippen LogP contribution is -2.41. The van der Waals surface area contributed by atoms with Crippen LogP contribution in [0.4, 0.5) is 15.8 Å². The molecule has 0 aliphatic rings. The fourth-order valence-corrected chi connectivity index (χ4v) is 1.95. The van der Waals surface area contributed by atoms with Gasteiger partial charge in [-0.2, -0.15) is 0 Å². The summed E-state index contributed by atoms with van der Waals surface area (Å²) in [4.78, 5) is 24.7. The van der Waals surface area contributed by atoms with Crippen LogP contribution in [-0.4, -0.2) is 11.8 Å². The first-order valence-electron chi connectivity index (χ1n) is 7.25. The fourth-order valence-electron chi connectivity index (χ4n) is 1.95. The highest BCUT2D eigenvalue weighted by Gasteiger charge is 2.36. The maximum atomic E-state index is 13.6. The molecular weight excluding hydrogens is 295 g/mol. The molecule has 2 aromatic rings. The van der Waals surface area contributed by atoms with Crippen LogP contribution in [0.25, 0.3) is 0 Å². The summed E-state index contributed by atoms with van der Waals surface area (Å²) >= 11 is 0. The summed E-state index contributed by atoms with van der Waals surface area (Å²) in [7, 11) is 0. The molecule has 120 valence electrons. The summed E-state index contributed by atoms with van der Waals surface area (Å²) in [5, 5.41) is 5.16. The first-order valence-corrected chi connectivity index (χ1v) is 7.25. The van der Waals surface area contributed by atoms with Crippen molar-refractivity contribution in [3.05, 3.63) is 59.9 Å². The van der Waals surface area contributed by atoms with Crippen molar-refractivity contribution in [2.45, 2.75) is 20.8 Å². The van der Waals surface area contributed by atoms with Gasteiger partial charge in [-0.05, 0) is 50.6 Å². The van der Waals surface area contributed by atoms with Crippen molar-refractivity contribution in [3.8, 4) is 0 Å². The number of rotatable bonds is 4. The topological polar surface area (TPSA) is 58.2 Å². The minimum Gasteiger partial charge on any atom is -0.325 e. The van der Waals surface area contributed by atoms with E-state index in [4.69, 9.17) is 0 Å². The lowest BCUT2D eigenvalue weighted by Gasteiger charge is -2.23. The zero-order chi connectivity index (χ0) is 17.0. The minimum absolute atomic E-state index is 0.0499. The monoisotopic (exact) mass is 314 g/mol. The number of benzene rings is 2. The Morgan fingerprint density at radius 3 is 2.26 bits per heavy atom. The van der Waals surface area contributed by atoms with E-state index < -0.39 is 23.0 Å². The Bertz CT molecular complexity index is 741. The number of carbonyl (C=O) groups excluding carboxylic acids is 2. The first-order chi connectivity index (χ1) is 10.8. The van der Waals surface area contributed by atoms with Gasteiger partial charge in [0, 0.05) is 5.69 Å². The smallest absolute Gasteiger partial charge is 0.239 e. The quantitative estimate of drug-likeness (QED) is 0.845. The minimum atomic E-state index is -1.36. The standard InChI is InChI=1S/C18H19FN2O2/c1-12-7-6-8-13(11-12)20-16(22)18(2,3)17(23)21-15-10-5-4-9-14(15)19/h4-11H,1-3H3,(H,20,22)(H,21,23). The fraction of sp³-hybridized carbons (Fsp3) is 0.222. The van der Waals surface area contributed by atoms with E-state index in [0.717, 1.165) is 5.56 Å². The molecule has 0 unspecified atom stereocenters. The van der Waals surface area contributed by atoms with Crippen LogP contribution in [0.3, 0.4) is 0 Å². The van der Waals surface area contributed by atoms with Gasteiger partial charge < -0.3 is 10.6 Å². The summed E-state index contributed by atoms with van der Waals surface area (Å²) in [5.74, 6) is -1.58. The normalized spacial score (nSPS) is 11.0. The van der Waals surface area contributed by atoms with E-state index in [2.05, 4.69) is 10.6 Å². The maximum Gasteiger partial charge on any atom is 0.239 e. The highest BCUT2D eigenvalue weighted by Crippen LogP contribution is 2.23. The Hall–Kier alpha value is -2.69. The second kappa shape index (κ2) is 6.60. The molecule has 5 heteroatoms. The number of halogens is 1. The molecule has 0 saturated carbocycles. The second-order valence-electron chi connectivity index (χ2n) is 5.88. The molecular formula is C18H19FN2O2. The molecule has 0 heterocycles. The van der Waals surface area contributed by atoms with E-state index in [1.165, 1.54) is 32.0 Å². The van der Waals surface area contributed by atoms with Gasteiger partial charge in [-0.25, -0.2) is 4.39 Å². The van der Waals surface area contributed by atoms with E-state index in [0.29, 0.717) is 5.69 Å². The van der Waals surface area contributed by atoms with Crippen LogP contribution >= 0.6 is 0 Å². The maximum absolute atomic E-state index is 13.6. The van der Waals surface area contributed by atoms with Crippen molar-refractivity contribution in [2.75, 3.05) is 10.6 Å². The van der Waals surface area contributed by atoms with Gasteiger partial charge in [0.2, 0.25) is 11.8 Å². The Balaban J connectivity index is 2.11. The van der Waals surface area contributed by atoms with Crippen LogP contribution < -0.4 is 10.6 Å². The van der Waals surface area contributed by atoms with Crippen molar-refractivity contribution in [1.82, 2.24) is 0 Å². The summed E-state index contributed by atoms with van der Waals surface area (Å²) < 4.78 is 13.6. The molecule has 2 N–H and O–H groups in total. The molecule has 0 aromatic heterocycles. The molecule has 0 spiro atoms. The summed E-state index contributed by atoms with van der Waals surface area (Å²) in [6.07, 6.45) is 0. The number of hydrogen-bond acceptors (Lipinski definition) is 2. The molecule has 0 radical (unpaired) electrons. The summed E-state index contributed by atoms with van der Waals surface area (Å²) in [5.41, 5.74) is 0.304. The molecule has 2 rings (SSSR count). The number of hydrogen-bond donors (Lipinski definition) is 2. The Morgan fingerprint density at radius 2 is 1.61 bits per heavy atom. The third kappa shape index (κ3) is 3.94. The summed E-state index contributed by atoms with van der Waals surface area (Å²) in [6, 6.07) is 13.1. The van der Waals surface area contributed by atoms with E-state index in [9.17, 15) is 14.0 Å². The number of nitrogens with one attached hydrogen (secondary N) is 2. The number of anilines is 2. The van der Waals surface area contributed by atoms with Crippen molar-refractivity contribution in [3.63, 3.8) is 0 Å². The predicted octanol–water partition coefficient (Wildman–Crippen LogP) is 3.74. The number of carbonyl (C=O) groups is 2. The molecule has 0 aliphatic carbocycles. The van der Waals surface area contributed by atoms with Gasteiger partial charge >= 0.3 is 0 Å².